The molecule has 2 heteroatoms. The van der Waals surface area contributed by atoms with Crippen molar-refractivity contribution in [3.05, 3.63) is 54.7 Å². The zero-order valence-electron chi connectivity index (χ0n) is 10.2. The lowest BCUT2D eigenvalue weighted by molar-refractivity contribution is 0.562. The molecule has 1 heterocycles. The Morgan fingerprint density at radius 1 is 1.35 bits per heavy atom. The zero-order valence-corrected chi connectivity index (χ0v) is 10.2. The number of nitrogens with one attached hydrogen (secondary N) is 1. The predicted octanol–water partition coefficient (Wildman–Crippen LogP) is 3.46. The number of hydrogen-bond donors (Lipinski definition) is 1. The van der Waals surface area contributed by atoms with Crippen molar-refractivity contribution >= 4 is 10.9 Å². The summed E-state index contributed by atoms with van der Waals surface area (Å²) in [5.41, 5.74) is 2.36. The number of para-hydroxylation sites is 1. The predicted molar refractivity (Wildman–Crippen MR) is 73.0 cm³/mol. The van der Waals surface area contributed by atoms with E-state index in [0.717, 1.165) is 18.5 Å². The third-order valence-corrected chi connectivity index (χ3v) is 2.91. The molecular weight excluding hydrogens is 208 g/mol. The van der Waals surface area contributed by atoms with E-state index >= 15 is 0 Å². The molecule has 0 aliphatic rings. The highest BCUT2D eigenvalue weighted by Crippen LogP contribution is 2.24. The molecule has 0 radical (unpaired) electrons. The molecule has 1 aromatic heterocycles. The molecule has 2 aromatic rings. The van der Waals surface area contributed by atoms with Crippen LogP contribution in [0.15, 0.2) is 49.2 Å². The monoisotopic (exact) mass is 226 g/mol. The van der Waals surface area contributed by atoms with Gasteiger partial charge in [-0.05, 0) is 30.7 Å². The first-order valence-corrected chi connectivity index (χ1v) is 6.04. The van der Waals surface area contributed by atoms with E-state index in [4.69, 9.17) is 0 Å². The molecule has 0 aliphatic heterocycles. The number of benzene rings is 1. The summed E-state index contributed by atoms with van der Waals surface area (Å²) >= 11 is 0. The molecule has 1 N–H and O–H groups in total. The quantitative estimate of drug-likeness (QED) is 0.790. The highest BCUT2D eigenvalue weighted by Gasteiger charge is 2.11. The van der Waals surface area contributed by atoms with E-state index in [1.807, 2.05) is 18.3 Å². The Hall–Kier alpha value is -1.67. The van der Waals surface area contributed by atoms with E-state index in [9.17, 15) is 0 Å². The SMILES string of the molecule is C=CCC(NCC)c1ccnc2ccccc12. The van der Waals surface area contributed by atoms with Crippen molar-refractivity contribution in [3.63, 3.8) is 0 Å². The fourth-order valence-electron chi connectivity index (χ4n) is 2.16. The molecule has 1 aromatic carbocycles. The number of pyridine rings is 1. The van der Waals surface area contributed by atoms with E-state index < -0.39 is 0 Å². The average molecular weight is 226 g/mol. The van der Waals surface area contributed by atoms with Crippen LogP contribution in [0.25, 0.3) is 10.9 Å². The maximum Gasteiger partial charge on any atom is 0.0705 e. The Balaban J connectivity index is 2.48. The lowest BCUT2D eigenvalue weighted by Crippen LogP contribution is -2.20. The van der Waals surface area contributed by atoms with Gasteiger partial charge in [0.1, 0.15) is 0 Å². The van der Waals surface area contributed by atoms with Gasteiger partial charge in [0.25, 0.3) is 0 Å². The standard InChI is InChI=1S/C15H18N2/c1-3-7-14(16-4-2)13-10-11-17-15-9-6-5-8-12(13)15/h3,5-6,8-11,14,16H,1,4,7H2,2H3. The topological polar surface area (TPSA) is 24.9 Å². The van der Waals surface area contributed by atoms with Crippen LogP contribution in [0.2, 0.25) is 0 Å². The van der Waals surface area contributed by atoms with Crippen LogP contribution in [0.5, 0.6) is 0 Å². The number of rotatable bonds is 5. The van der Waals surface area contributed by atoms with Crippen LogP contribution in [0.3, 0.4) is 0 Å². The molecule has 17 heavy (non-hydrogen) atoms. The summed E-state index contributed by atoms with van der Waals surface area (Å²) in [7, 11) is 0. The van der Waals surface area contributed by atoms with Gasteiger partial charge in [-0.1, -0.05) is 31.2 Å². The molecule has 2 rings (SSSR count). The summed E-state index contributed by atoms with van der Waals surface area (Å²) in [6.45, 7) is 6.91. The van der Waals surface area contributed by atoms with Crippen LogP contribution in [0.1, 0.15) is 24.9 Å². The van der Waals surface area contributed by atoms with Crippen molar-refractivity contribution in [2.24, 2.45) is 0 Å². The summed E-state index contributed by atoms with van der Waals surface area (Å²) < 4.78 is 0. The average Bonchev–Trinajstić information content (AvgIpc) is 2.38. The Morgan fingerprint density at radius 2 is 2.18 bits per heavy atom. The van der Waals surface area contributed by atoms with Gasteiger partial charge in [-0.25, -0.2) is 0 Å². The van der Waals surface area contributed by atoms with Gasteiger partial charge in [0, 0.05) is 17.6 Å². The summed E-state index contributed by atoms with van der Waals surface area (Å²) in [5, 5.41) is 4.72. The molecule has 0 bridgehead atoms. The Labute approximate surface area is 102 Å². The van der Waals surface area contributed by atoms with Gasteiger partial charge >= 0.3 is 0 Å². The first-order chi connectivity index (χ1) is 8.36. The maximum atomic E-state index is 4.39. The van der Waals surface area contributed by atoms with Crippen LogP contribution in [0.4, 0.5) is 0 Å². The molecule has 2 nitrogen and oxygen atoms in total. The fourth-order valence-corrected chi connectivity index (χ4v) is 2.16. The van der Waals surface area contributed by atoms with Gasteiger partial charge in [-0.15, -0.1) is 6.58 Å². The molecule has 0 aliphatic carbocycles. The molecule has 88 valence electrons. The molecule has 0 spiro atoms. The minimum atomic E-state index is 0.324. The van der Waals surface area contributed by atoms with E-state index in [-0.39, 0.29) is 0 Å². The first kappa shape index (κ1) is 11.8. The molecule has 1 atom stereocenters. The van der Waals surface area contributed by atoms with Crippen molar-refractivity contribution in [2.75, 3.05) is 6.54 Å². The van der Waals surface area contributed by atoms with Gasteiger partial charge in [0.15, 0.2) is 0 Å². The minimum absolute atomic E-state index is 0.324. The Morgan fingerprint density at radius 3 is 2.94 bits per heavy atom. The molecule has 0 saturated carbocycles. The van der Waals surface area contributed by atoms with Gasteiger partial charge in [-0.2, -0.15) is 0 Å². The highest BCUT2D eigenvalue weighted by atomic mass is 14.9. The maximum absolute atomic E-state index is 4.39. The van der Waals surface area contributed by atoms with Crippen LogP contribution in [-0.2, 0) is 0 Å². The normalized spacial score (nSPS) is 12.5. The van der Waals surface area contributed by atoms with Crippen molar-refractivity contribution in [1.82, 2.24) is 10.3 Å². The first-order valence-electron chi connectivity index (χ1n) is 6.04. The third kappa shape index (κ3) is 2.53. The number of fused-ring (bicyclic) bond motifs is 1. The van der Waals surface area contributed by atoms with E-state index in [1.54, 1.807) is 0 Å². The largest absolute Gasteiger partial charge is 0.310 e. The Bertz CT molecular complexity index is 500. The summed E-state index contributed by atoms with van der Waals surface area (Å²) in [5.74, 6) is 0. The second-order valence-electron chi connectivity index (χ2n) is 4.05. The van der Waals surface area contributed by atoms with Crippen molar-refractivity contribution in [3.8, 4) is 0 Å². The van der Waals surface area contributed by atoms with Crippen molar-refractivity contribution in [2.45, 2.75) is 19.4 Å². The highest BCUT2D eigenvalue weighted by molar-refractivity contribution is 5.82. The molecule has 0 saturated heterocycles. The van der Waals surface area contributed by atoms with Crippen LogP contribution < -0.4 is 5.32 Å². The molecule has 0 fully saturated rings. The molecule has 0 amide bonds. The third-order valence-electron chi connectivity index (χ3n) is 2.91. The molecular formula is C15H18N2. The van der Waals surface area contributed by atoms with Gasteiger partial charge in [-0.3, -0.25) is 4.98 Å². The summed E-state index contributed by atoms with van der Waals surface area (Å²) in [4.78, 5) is 4.39. The van der Waals surface area contributed by atoms with Crippen LogP contribution in [0, 0.1) is 0 Å². The second kappa shape index (κ2) is 5.60. The zero-order chi connectivity index (χ0) is 12.1. The summed E-state index contributed by atoms with van der Waals surface area (Å²) in [6, 6.07) is 10.7. The van der Waals surface area contributed by atoms with E-state index in [0.29, 0.717) is 6.04 Å². The van der Waals surface area contributed by atoms with E-state index in [2.05, 4.69) is 48.1 Å². The van der Waals surface area contributed by atoms with Crippen molar-refractivity contribution < 1.29 is 0 Å². The van der Waals surface area contributed by atoms with Crippen LogP contribution >= 0.6 is 0 Å². The Kier molecular flexibility index (Phi) is 3.89. The number of hydrogen-bond acceptors (Lipinski definition) is 2. The smallest absolute Gasteiger partial charge is 0.0705 e. The number of nitrogens with zero attached hydrogens (tertiary/aromatic N) is 1. The van der Waals surface area contributed by atoms with Gasteiger partial charge in [0.2, 0.25) is 0 Å². The van der Waals surface area contributed by atoms with Crippen LogP contribution in [-0.4, -0.2) is 11.5 Å². The molecule has 1 unspecified atom stereocenters. The fraction of sp³-hybridized carbons (Fsp3) is 0.267. The van der Waals surface area contributed by atoms with Gasteiger partial charge < -0.3 is 5.32 Å². The second-order valence-corrected chi connectivity index (χ2v) is 4.05. The summed E-state index contributed by atoms with van der Waals surface area (Å²) in [6.07, 6.45) is 4.77. The lowest BCUT2D eigenvalue weighted by atomic mass is 9.99. The lowest BCUT2D eigenvalue weighted by Gasteiger charge is -2.18. The minimum Gasteiger partial charge on any atom is -0.310 e. The number of aromatic nitrogens is 1. The van der Waals surface area contributed by atoms with Gasteiger partial charge in [0.05, 0.1) is 5.52 Å². The van der Waals surface area contributed by atoms with E-state index in [1.165, 1.54) is 10.9 Å². The van der Waals surface area contributed by atoms with Crippen molar-refractivity contribution in [1.29, 1.82) is 0 Å².